The maximum atomic E-state index is 13.2. The third-order valence-electron chi connectivity index (χ3n) is 5.29. The van der Waals surface area contributed by atoms with E-state index in [1.54, 1.807) is 40.2 Å². The standard InChI is InChI=1S/C22H23N3O4S2/c1-3-25-20(27)18-14-9-5-7-11-16(14)31-19(18)24-22(25)30-12-17(26)23-15-10-6-4-8-13(15)21(28)29-2/h4,6,8,10H,3,5,7,9,11-12H2,1-2H3,(H,23,26). The van der Waals surface area contributed by atoms with Crippen LogP contribution in [0.15, 0.2) is 34.2 Å². The first kappa shape index (κ1) is 21.6. The van der Waals surface area contributed by atoms with Crippen LogP contribution in [0.25, 0.3) is 10.2 Å². The highest BCUT2D eigenvalue weighted by Crippen LogP contribution is 2.34. The molecule has 1 amide bonds. The van der Waals surface area contributed by atoms with E-state index in [-0.39, 0.29) is 22.8 Å². The molecule has 0 unspecified atom stereocenters. The number of nitrogens with one attached hydrogen (secondary N) is 1. The first-order valence-corrected chi connectivity index (χ1v) is 12.0. The van der Waals surface area contributed by atoms with Crippen molar-refractivity contribution in [3.05, 3.63) is 50.6 Å². The number of ether oxygens (including phenoxy) is 1. The van der Waals surface area contributed by atoms with Gasteiger partial charge in [0.2, 0.25) is 5.91 Å². The number of carbonyl (C=O) groups is 2. The summed E-state index contributed by atoms with van der Waals surface area (Å²) < 4.78 is 6.41. The molecule has 7 nitrogen and oxygen atoms in total. The molecule has 31 heavy (non-hydrogen) atoms. The molecule has 2 aromatic heterocycles. The first-order valence-electron chi connectivity index (χ1n) is 10.2. The molecule has 1 N–H and O–H groups in total. The van der Waals surface area contributed by atoms with E-state index in [0.717, 1.165) is 35.9 Å². The molecule has 9 heteroatoms. The summed E-state index contributed by atoms with van der Waals surface area (Å²) in [7, 11) is 1.30. The first-order chi connectivity index (χ1) is 15.0. The number of nitrogens with zero attached hydrogens (tertiary/aromatic N) is 2. The van der Waals surface area contributed by atoms with E-state index in [0.29, 0.717) is 17.4 Å². The van der Waals surface area contributed by atoms with Gasteiger partial charge in [0.1, 0.15) is 4.83 Å². The molecule has 0 saturated carbocycles. The average molecular weight is 458 g/mol. The number of rotatable bonds is 6. The third kappa shape index (κ3) is 4.24. The van der Waals surface area contributed by atoms with Crippen molar-refractivity contribution in [1.82, 2.24) is 9.55 Å². The SMILES string of the molecule is CCn1c(SCC(=O)Nc2ccccc2C(=O)OC)nc2sc3c(c2c1=O)CCCC3. The highest BCUT2D eigenvalue weighted by molar-refractivity contribution is 7.99. The van der Waals surface area contributed by atoms with E-state index in [1.807, 2.05) is 6.92 Å². The quantitative estimate of drug-likeness (QED) is 0.343. The fourth-order valence-corrected chi connectivity index (χ4v) is 5.97. The number of methoxy groups -OCH3 is 1. The molecule has 4 rings (SSSR count). The van der Waals surface area contributed by atoms with Gasteiger partial charge in [0.25, 0.3) is 5.56 Å². The zero-order chi connectivity index (χ0) is 22.0. The van der Waals surface area contributed by atoms with Crippen LogP contribution in [0.1, 0.15) is 40.6 Å². The predicted molar refractivity (Wildman–Crippen MR) is 123 cm³/mol. The van der Waals surface area contributed by atoms with Gasteiger partial charge >= 0.3 is 5.97 Å². The number of para-hydroxylation sites is 1. The Kier molecular flexibility index (Phi) is 6.43. The van der Waals surface area contributed by atoms with Crippen molar-refractivity contribution in [2.24, 2.45) is 0 Å². The molecule has 0 radical (unpaired) electrons. The predicted octanol–water partition coefficient (Wildman–Crippen LogP) is 3.87. The third-order valence-corrected chi connectivity index (χ3v) is 7.46. The Morgan fingerprint density at radius 1 is 1.26 bits per heavy atom. The number of anilines is 1. The van der Waals surface area contributed by atoms with Gasteiger partial charge in [0, 0.05) is 11.4 Å². The van der Waals surface area contributed by atoms with Crippen molar-refractivity contribution >= 4 is 50.9 Å². The van der Waals surface area contributed by atoms with Gasteiger partial charge in [-0.1, -0.05) is 23.9 Å². The molecule has 2 heterocycles. The second-order valence-corrected chi connectivity index (χ2v) is 9.23. The normalized spacial score (nSPS) is 13.1. The Bertz CT molecular complexity index is 1220. The van der Waals surface area contributed by atoms with E-state index in [9.17, 15) is 14.4 Å². The van der Waals surface area contributed by atoms with Crippen molar-refractivity contribution < 1.29 is 14.3 Å². The number of thiophene rings is 1. The van der Waals surface area contributed by atoms with Crippen LogP contribution >= 0.6 is 23.1 Å². The number of esters is 1. The van der Waals surface area contributed by atoms with E-state index in [1.165, 1.54) is 29.3 Å². The Morgan fingerprint density at radius 3 is 2.81 bits per heavy atom. The molecule has 0 atom stereocenters. The van der Waals surface area contributed by atoms with Crippen LogP contribution in [-0.4, -0.2) is 34.3 Å². The monoisotopic (exact) mass is 457 g/mol. The van der Waals surface area contributed by atoms with Gasteiger partial charge in [-0.15, -0.1) is 11.3 Å². The van der Waals surface area contributed by atoms with E-state index >= 15 is 0 Å². The lowest BCUT2D eigenvalue weighted by molar-refractivity contribution is -0.113. The van der Waals surface area contributed by atoms with E-state index < -0.39 is 5.97 Å². The number of thioether (sulfide) groups is 1. The van der Waals surface area contributed by atoms with Gasteiger partial charge in [0.05, 0.1) is 29.5 Å². The number of amides is 1. The molecular formula is C22H23N3O4S2. The maximum Gasteiger partial charge on any atom is 0.339 e. The van der Waals surface area contributed by atoms with Crippen LogP contribution in [0.2, 0.25) is 0 Å². The second kappa shape index (κ2) is 9.23. The highest BCUT2D eigenvalue weighted by Gasteiger charge is 2.22. The van der Waals surface area contributed by atoms with Crippen molar-refractivity contribution in [3.8, 4) is 0 Å². The van der Waals surface area contributed by atoms with Crippen molar-refractivity contribution in [2.75, 3.05) is 18.2 Å². The molecule has 162 valence electrons. The molecule has 3 aromatic rings. The Morgan fingerprint density at radius 2 is 2.03 bits per heavy atom. The van der Waals surface area contributed by atoms with Crippen molar-refractivity contribution in [3.63, 3.8) is 0 Å². The van der Waals surface area contributed by atoms with Gasteiger partial charge in [-0.2, -0.15) is 0 Å². The fraction of sp³-hybridized carbons (Fsp3) is 0.364. The molecule has 0 fully saturated rings. The summed E-state index contributed by atoms with van der Waals surface area (Å²) >= 11 is 2.83. The number of hydrogen-bond acceptors (Lipinski definition) is 7. The van der Waals surface area contributed by atoms with Crippen molar-refractivity contribution in [2.45, 2.75) is 44.3 Å². The molecule has 1 aromatic carbocycles. The highest BCUT2D eigenvalue weighted by atomic mass is 32.2. The lowest BCUT2D eigenvalue weighted by Gasteiger charge is -2.12. The van der Waals surface area contributed by atoms with Crippen LogP contribution < -0.4 is 10.9 Å². The lowest BCUT2D eigenvalue weighted by Crippen LogP contribution is -2.24. The van der Waals surface area contributed by atoms with Crippen LogP contribution in [0.4, 0.5) is 5.69 Å². The molecule has 0 aliphatic heterocycles. The molecular weight excluding hydrogens is 434 g/mol. The number of benzene rings is 1. The minimum Gasteiger partial charge on any atom is -0.465 e. The Balaban J connectivity index is 1.56. The van der Waals surface area contributed by atoms with Crippen LogP contribution in [-0.2, 0) is 28.9 Å². The minimum atomic E-state index is -0.517. The Hall–Kier alpha value is -2.65. The van der Waals surface area contributed by atoms with E-state index in [2.05, 4.69) is 5.32 Å². The van der Waals surface area contributed by atoms with Gasteiger partial charge in [-0.3, -0.25) is 14.2 Å². The summed E-state index contributed by atoms with van der Waals surface area (Å²) in [5.74, 6) is -0.737. The van der Waals surface area contributed by atoms with Crippen LogP contribution in [0.5, 0.6) is 0 Å². The van der Waals surface area contributed by atoms with Crippen LogP contribution in [0.3, 0.4) is 0 Å². The van der Waals surface area contributed by atoms with Gasteiger partial charge in [0.15, 0.2) is 5.16 Å². The summed E-state index contributed by atoms with van der Waals surface area (Å²) in [4.78, 5) is 44.4. The number of fused-ring (bicyclic) bond motifs is 3. The summed E-state index contributed by atoms with van der Waals surface area (Å²) in [5, 5.41) is 4.04. The van der Waals surface area contributed by atoms with Crippen LogP contribution in [0, 0.1) is 0 Å². The van der Waals surface area contributed by atoms with Crippen molar-refractivity contribution in [1.29, 1.82) is 0 Å². The summed E-state index contributed by atoms with van der Waals surface area (Å²) in [5.41, 5.74) is 1.82. The van der Waals surface area contributed by atoms with E-state index in [4.69, 9.17) is 9.72 Å². The number of carbonyl (C=O) groups excluding carboxylic acids is 2. The minimum absolute atomic E-state index is 0.0224. The zero-order valence-electron chi connectivity index (χ0n) is 17.4. The molecule has 0 spiro atoms. The largest absolute Gasteiger partial charge is 0.465 e. The number of aryl methyl sites for hydroxylation is 2. The fourth-order valence-electron chi connectivity index (χ4n) is 3.81. The summed E-state index contributed by atoms with van der Waals surface area (Å²) in [6.07, 6.45) is 4.20. The number of hydrogen-bond donors (Lipinski definition) is 1. The molecule has 0 saturated heterocycles. The van der Waals surface area contributed by atoms with Gasteiger partial charge in [-0.25, -0.2) is 9.78 Å². The van der Waals surface area contributed by atoms with Gasteiger partial charge in [-0.05, 0) is 50.3 Å². The molecule has 1 aliphatic carbocycles. The number of aromatic nitrogens is 2. The zero-order valence-corrected chi connectivity index (χ0v) is 19.0. The Labute approximate surface area is 187 Å². The lowest BCUT2D eigenvalue weighted by atomic mass is 9.97. The second-order valence-electron chi connectivity index (χ2n) is 7.21. The summed E-state index contributed by atoms with van der Waals surface area (Å²) in [6, 6.07) is 6.68. The molecule has 0 bridgehead atoms. The summed E-state index contributed by atoms with van der Waals surface area (Å²) in [6.45, 7) is 2.39. The smallest absolute Gasteiger partial charge is 0.339 e. The topological polar surface area (TPSA) is 90.3 Å². The average Bonchev–Trinajstić information content (AvgIpc) is 3.16. The van der Waals surface area contributed by atoms with Gasteiger partial charge < -0.3 is 10.1 Å². The maximum absolute atomic E-state index is 13.2. The molecule has 1 aliphatic rings.